The van der Waals surface area contributed by atoms with Gasteiger partial charge >= 0.3 is 5.76 Å². The molecule has 1 fully saturated rings. The van der Waals surface area contributed by atoms with Crippen LogP contribution in [0.25, 0.3) is 11.1 Å². The zero-order chi connectivity index (χ0) is 15.7. The Morgan fingerprint density at radius 2 is 2.09 bits per heavy atom. The number of likely N-dealkylation sites (N-methyl/N-ethyl adjacent to an activating group) is 1. The molecule has 1 aliphatic heterocycles. The van der Waals surface area contributed by atoms with Gasteiger partial charge in [-0.1, -0.05) is 12.1 Å². The first-order valence-corrected chi connectivity index (χ1v) is 7.62. The normalized spacial score (nSPS) is 19.7. The molecule has 1 aromatic carbocycles. The average Bonchev–Trinajstić information content (AvgIpc) is 2.80. The van der Waals surface area contributed by atoms with Crippen molar-refractivity contribution < 1.29 is 9.21 Å². The monoisotopic (exact) mass is 303 g/mol. The molecule has 1 saturated heterocycles. The molecule has 2 heterocycles. The van der Waals surface area contributed by atoms with Gasteiger partial charge in [0.25, 0.3) is 0 Å². The third kappa shape index (κ3) is 2.78. The second kappa shape index (κ2) is 5.96. The first-order chi connectivity index (χ1) is 10.6. The van der Waals surface area contributed by atoms with Crippen LogP contribution in [0.15, 0.2) is 33.5 Å². The predicted molar refractivity (Wildman–Crippen MR) is 83.8 cm³/mol. The number of para-hydroxylation sites is 2. The largest absolute Gasteiger partial charge is 0.419 e. The molecule has 6 heteroatoms. The van der Waals surface area contributed by atoms with Gasteiger partial charge in [-0.3, -0.25) is 9.36 Å². The van der Waals surface area contributed by atoms with Gasteiger partial charge in [0, 0.05) is 38.6 Å². The number of fused-ring (bicyclic) bond motifs is 1. The number of aromatic nitrogens is 1. The third-order valence-corrected chi connectivity index (χ3v) is 4.27. The number of hydrogen-bond acceptors (Lipinski definition) is 4. The fourth-order valence-electron chi connectivity index (χ4n) is 3.09. The van der Waals surface area contributed by atoms with E-state index in [9.17, 15) is 9.59 Å². The molecule has 0 aliphatic carbocycles. The molecule has 1 amide bonds. The maximum Gasteiger partial charge on any atom is 0.419 e. The Balaban J connectivity index is 1.70. The van der Waals surface area contributed by atoms with Crippen molar-refractivity contribution >= 4 is 17.0 Å². The maximum absolute atomic E-state index is 12.4. The zero-order valence-corrected chi connectivity index (χ0v) is 13.0. The molecule has 22 heavy (non-hydrogen) atoms. The lowest BCUT2D eigenvalue weighted by molar-refractivity contribution is -0.135. The smallest absolute Gasteiger partial charge is 0.408 e. The van der Waals surface area contributed by atoms with Gasteiger partial charge in [0.05, 0.1) is 5.52 Å². The number of rotatable bonds is 3. The molecule has 1 aliphatic rings. The topological polar surface area (TPSA) is 58.7 Å². The second-order valence-corrected chi connectivity index (χ2v) is 5.94. The van der Waals surface area contributed by atoms with Gasteiger partial charge in [-0.25, -0.2) is 4.79 Å². The number of benzene rings is 1. The van der Waals surface area contributed by atoms with Gasteiger partial charge in [0.15, 0.2) is 5.58 Å². The summed E-state index contributed by atoms with van der Waals surface area (Å²) in [5.74, 6) is -0.307. The number of aryl methyl sites for hydroxylation is 1. The summed E-state index contributed by atoms with van der Waals surface area (Å²) in [5, 5.41) is 0. The quantitative estimate of drug-likeness (QED) is 0.853. The minimum Gasteiger partial charge on any atom is -0.408 e. The van der Waals surface area contributed by atoms with Crippen LogP contribution in [0.1, 0.15) is 13.3 Å². The summed E-state index contributed by atoms with van der Waals surface area (Å²) in [6.45, 7) is 4.95. The number of oxazole rings is 1. The molecule has 0 N–H and O–H groups in total. The van der Waals surface area contributed by atoms with Gasteiger partial charge in [-0.05, 0) is 26.1 Å². The van der Waals surface area contributed by atoms with E-state index in [-0.39, 0.29) is 11.9 Å². The second-order valence-electron chi connectivity index (χ2n) is 5.94. The lowest BCUT2D eigenvalue weighted by Gasteiger charge is -2.38. The Morgan fingerprint density at radius 1 is 1.32 bits per heavy atom. The van der Waals surface area contributed by atoms with Crippen molar-refractivity contribution in [2.24, 2.45) is 0 Å². The van der Waals surface area contributed by atoms with E-state index >= 15 is 0 Å². The standard InChI is InChI=1S/C16H21N3O3/c1-12-11-17(2)9-10-18(12)15(20)7-8-19-13-5-3-4-6-14(13)22-16(19)21/h3-6,12H,7-11H2,1-2H3/t12-/m1/s1. The van der Waals surface area contributed by atoms with Crippen LogP contribution in [-0.4, -0.2) is 53.0 Å². The SMILES string of the molecule is C[C@@H]1CN(C)CCN1C(=O)CCn1c(=O)oc2ccccc21. The average molecular weight is 303 g/mol. The van der Waals surface area contributed by atoms with E-state index in [1.54, 1.807) is 6.07 Å². The summed E-state index contributed by atoms with van der Waals surface area (Å²) < 4.78 is 6.72. The highest BCUT2D eigenvalue weighted by atomic mass is 16.4. The third-order valence-electron chi connectivity index (χ3n) is 4.27. The van der Waals surface area contributed by atoms with Crippen LogP contribution in [0.2, 0.25) is 0 Å². The molecule has 6 nitrogen and oxygen atoms in total. The van der Waals surface area contributed by atoms with E-state index in [1.807, 2.05) is 23.1 Å². The Labute approximate surface area is 128 Å². The number of amides is 1. The summed E-state index contributed by atoms with van der Waals surface area (Å²) in [5.41, 5.74) is 1.31. The lowest BCUT2D eigenvalue weighted by atomic mass is 10.2. The number of piperazine rings is 1. The molecule has 1 atom stereocenters. The first kappa shape index (κ1) is 14.8. The molecular formula is C16H21N3O3. The van der Waals surface area contributed by atoms with Crippen molar-refractivity contribution in [2.75, 3.05) is 26.7 Å². The molecule has 3 rings (SSSR count). The van der Waals surface area contributed by atoms with Crippen LogP contribution < -0.4 is 5.76 Å². The summed E-state index contributed by atoms with van der Waals surface area (Å²) >= 11 is 0. The highest BCUT2D eigenvalue weighted by Crippen LogP contribution is 2.14. The highest BCUT2D eigenvalue weighted by Gasteiger charge is 2.25. The van der Waals surface area contributed by atoms with E-state index in [0.29, 0.717) is 18.5 Å². The summed E-state index contributed by atoms with van der Waals surface area (Å²) in [7, 11) is 2.06. The van der Waals surface area contributed by atoms with E-state index < -0.39 is 5.76 Å². The number of carbonyl (C=O) groups excluding carboxylic acids is 1. The fourth-order valence-corrected chi connectivity index (χ4v) is 3.09. The first-order valence-electron chi connectivity index (χ1n) is 7.62. The molecule has 2 aromatic rings. The molecule has 0 radical (unpaired) electrons. The number of nitrogens with zero attached hydrogens (tertiary/aromatic N) is 3. The fraction of sp³-hybridized carbons (Fsp3) is 0.500. The molecule has 0 saturated carbocycles. The number of carbonyl (C=O) groups is 1. The van der Waals surface area contributed by atoms with Gasteiger partial charge in [-0.2, -0.15) is 0 Å². The van der Waals surface area contributed by atoms with Crippen LogP contribution >= 0.6 is 0 Å². The summed E-state index contributed by atoms with van der Waals surface area (Å²) in [6.07, 6.45) is 0.317. The van der Waals surface area contributed by atoms with Crippen LogP contribution in [0.3, 0.4) is 0 Å². The zero-order valence-electron chi connectivity index (χ0n) is 13.0. The van der Waals surface area contributed by atoms with Gasteiger partial charge in [0.1, 0.15) is 0 Å². The Kier molecular flexibility index (Phi) is 4.02. The molecule has 0 bridgehead atoms. The lowest BCUT2D eigenvalue weighted by Crippen LogP contribution is -2.52. The highest BCUT2D eigenvalue weighted by molar-refractivity contribution is 5.77. The van der Waals surface area contributed by atoms with Crippen LogP contribution in [0.4, 0.5) is 0 Å². The Hall–Kier alpha value is -2.08. The Morgan fingerprint density at radius 3 is 2.86 bits per heavy atom. The van der Waals surface area contributed by atoms with Crippen molar-refractivity contribution in [3.8, 4) is 0 Å². The van der Waals surface area contributed by atoms with Gasteiger partial charge in [0.2, 0.25) is 5.91 Å². The number of hydrogen-bond donors (Lipinski definition) is 0. The minimum atomic E-state index is -0.402. The van der Waals surface area contributed by atoms with Gasteiger partial charge in [-0.15, -0.1) is 0 Å². The molecule has 0 spiro atoms. The summed E-state index contributed by atoms with van der Waals surface area (Å²) in [4.78, 5) is 28.5. The molecule has 0 unspecified atom stereocenters. The van der Waals surface area contributed by atoms with Crippen LogP contribution in [0, 0.1) is 0 Å². The molecule has 118 valence electrons. The van der Waals surface area contributed by atoms with E-state index in [1.165, 1.54) is 4.57 Å². The van der Waals surface area contributed by atoms with Crippen molar-refractivity contribution in [1.82, 2.24) is 14.4 Å². The van der Waals surface area contributed by atoms with Crippen LogP contribution in [0.5, 0.6) is 0 Å². The molecular weight excluding hydrogens is 282 g/mol. The van der Waals surface area contributed by atoms with Crippen LogP contribution in [-0.2, 0) is 11.3 Å². The van der Waals surface area contributed by atoms with Crippen molar-refractivity contribution in [3.63, 3.8) is 0 Å². The van der Waals surface area contributed by atoms with Gasteiger partial charge < -0.3 is 14.2 Å². The molecule has 1 aromatic heterocycles. The maximum atomic E-state index is 12.4. The summed E-state index contributed by atoms with van der Waals surface area (Å²) in [6, 6.07) is 7.50. The van der Waals surface area contributed by atoms with E-state index in [2.05, 4.69) is 18.9 Å². The van der Waals surface area contributed by atoms with E-state index in [4.69, 9.17) is 4.42 Å². The van der Waals surface area contributed by atoms with Crippen molar-refractivity contribution in [3.05, 3.63) is 34.8 Å². The van der Waals surface area contributed by atoms with Crippen molar-refractivity contribution in [1.29, 1.82) is 0 Å². The predicted octanol–water partition coefficient (Wildman–Crippen LogP) is 1.15. The van der Waals surface area contributed by atoms with Crippen molar-refractivity contribution in [2.45, 2.75) is 25.9 Å². The Bertz CT molecular complexity index is 734. The minimum absolute atomic E-state index is 0.0952. The van der Waals surface area contributed by atoms with E-state index in [0.717, 1.165) is 25.2 Å².